The summed E-state index contributed by atoms with van der Waals surface area (Å²) in [5.74, 6) is 0. The van der Waals surface area contributed by atoms with Gasteiger partial charge in [-0.3, -0.25) is 0 Å². The lowest BCUT2D eigenvalue weighted by molar-refractivity contribution is -0.286. The average Bonchev–Trinajstić information content (AvgIpc) is 2.08. The number of hydrogen-bond donors (Lipinski definition) is 5. The zero-order chi connectivity index (χ0) is 9.30. The van der Waals surface area contributed by atoms with Crippen LogP contribution in [0.5, 0.6) is 0 Å². The van der Waals surface area contributed by atoms with Crippen molar-refractivity contribution in [1.29, 1.82) is 0 Å². The zero-order valence-corrected chi connectivity index (χ0v) is 6.24. The summed E-state index contributed by atoms with van der Waals surface area (Å²) in [5.41, 5.74) is 0. The maximum absolute atomic E-state index is 9.12. The van der Waals surface area contributed by atoms with E-state index in [1.807, 2.05) is 0 Å². The van der Waals surface area contributed by atoms with Crippen LogP contribution in [0.1, 0.15) is 0 Å². The van der Waals surface area contributed by atoms with Gasteiger partial charge in [0.15, 0.2) is 6.29 Å². The van der Waals surface area contributed by atoms with E-state index in [1.165, 1.54) is 0 Å². The van der Waals surface area contributed by atoms with Gasteiger partial charge in [-0.1, -0.05) is 0 Å². The molecule has 0 aliphatic carbocycles. The van der Waals surface area contributed by atoms with E-state index in [1.54, 1.807) is 0 Å². The SMILES string of the molecule is OC[C@H]1OC(O)[13C@H](O)[C@H](O)[C@H]1O. The van der Waals surface area contributed by atoms with Gasteiger partial charge in [-0.15, -0.1) is 0 Å². The van der Waals surface area contributed by atoms with Crippen LogP contribution < -0.4 is 0 Å². The summed E-state index contributed by atoms with van der Waals surface area (Å²) >= 11 is 0. The van der Waals surface area contributed by atoms with Crippen LogP contribution in [0.25, 0.3) is 0 Å². The molecule has 0 aromatic carbocycles. The largest absolute Gasteiger partial charge is 0.394 e. The summed E-state index contributed by atoms with van der Waals surface area (Å²) in [7, 11) is 0. The van der Waals surface area contributed by atoms with Gasteiger partial charge in [0, 0.05) is 0 Å². The van der Waals surface area contributed by atoms with Crippen molar-refractivity contribution in [3.63, 3.8) is 0 Å². The molecule has 6 heteroatoms. The fraction of sp³-hybridized carbons (Fsp3) is 1.00. The van der Waals surface area contributed by atoms with Gasteiger partial charge in [-0.25, -0.2) is 0 Å². The molecular weight excluding hydrogens is 169 g/mol. The monoisotopic (exact) mass is 181 g/mol. The van der Waals surface area contributed by atoms with Crippen LogP contribution in [-0.2, 0) is 4.74 Å². The summed E-state index contributed by atoms with van der Waals surface area (Å²) in [6, 6.07) is 0. The molecule has 6 nitrogen and oxygen atoms in total. The van der Waals surface area contributed by atoms with E-state index in [0.29, 0.717) is 0 Å². The molecule has 1 saturated heterocycles. The third-order valence-electron chi connectivity index (χ3n) is 1.87. The molecule has 72 valence electrons. The molecule has 1 fully saturated rings. The first-order chi connectivity index (χ1) is 5.57. The molecule has 0 aromatic heterocycles. The van der Waals surface area contributed by atoms with Gasteiger partial charge in [0.05, 0.1) is 6.61 Å². The van der Waals surface area contributed by atoms with E-state index < -0.39 is 37.3 Å². The van der Waals surface area contributed by atoms with E-state index in [0.717, 1.165) is 0 Å². The molecule has 1 unspecified atom stereocenters. The highest BCUT2D eigenvalue weighted by molar-refractivity contribution is 4.87. The van der Waals surface area contributed by atoms with Gasteiger partial charge in [0.2, 0.25) is 0 Å². The van der Waals surface area contributed by atoms with E-state index in [2.05, 4.69) is 4.74 Å². The van der Waals surface area contributed by atoms with Crippen LogP contribution >= 0.6 is 0 Å². The molecule has 0 amide bonds. The molecule has 12 heavy (non-hydrogen) atoms. The highest BCUT2D eigenvalue weighted by Crippen LogP contribution is 2.18. The van der Waals surface area contributed by atoms with Gasteiger partial charge in [0.25, 0.3) is 0 Å². The Morgan fingerprint density at radius 1 is 0.917 bits per heavy atom. The maximum Gasteiger partial charge on any atom is 0.184 e. The molecular formula is C6H12O6. The topological polar surface area (TPSA) is 110 Å². The van der Waals surface area contributed by atoms with Crippen LogP contribution in [0.15, 0.2) is 0 Å². The van der Waals surface area contributed by atoms with Crippen LogP contribution in [0.2, 0.25) is 0 Å². The first-order valence-corrected chi connectivity index (χ1v) is 3.56. The third kappa shape index (κ3) is 1.58. The molecule has 1 aliphatic rings. The summed E-state index contributed by atoms with van der Waals surface area (Å²) in [6.45, 7) is -0.526. The standard InChI is InChI=1S/C6H12O6/c7-1-2-3(8)4(9)5(10)6(11)12-2/h2-11H,1H2/t2-,3+,4-,5-,6?/m1/s1/i5+1. The Balaban J connectivity index is 2.63. The number of aliphatic hydroxyl groups is 5. The molecule has 5 atom stereocenters. The van der Waals surface area contributed by atoms with Crippen LogP contribution in [0, 0.1) is 0 Å². The zero-order valence-electron chi connectivity index (χ0n) is 6.24. The van der Waals surface area contributed by atoms with Crippen molar-refractivity contribution in [3.8, 4) is 0 Å². The quantitative estimate of drug-likeness (QED) is 0.272. The lowest BCUT2D eigenvalue weighted by Gasteiger charge is -2.37. The molecule has 0 spiro atoms. The Bertz CT molecular complexity index is 146. The lowest BCUT2D eigenvalue weighted by atomic mass is 10.1. The minimum Gasteiger partial charge on any atom is -0.394 e. The van der Waals surface area contributed by atoms with Crippen LogP contribution in [0.3, 0.4) is 0 Å². The van der Waals surface area contributed by atoms with E-state index in [9.17, 15) is 0 Å². The number of hydrogen-bond acceptors (Lipinski definition) is 6. The smallest absolute Gasteiger partial charge is 0.184 e. The van der Waals surface area contributed by atoms with E-state index >= 15 is 0 Å². The predicted molar refractivity (Wildman–Crippen MR) is 36.0 cm³/mol. The summed E-state index contributed by atoms with van der Waals surface area (Å²) in [5, 5.41) is 44.7. The minimum absolute atomic E-state index is 0.526. The normalized spacial score (nSPS) is 49.2. The van der Waals surface area contributed by atoms with Gasteiger partial charge in [0.1, 0.15) is 24.4 Å². The number of aliphatic hydroxyl groups excluding tert-OH is 5. The highest BCUT2D eigenvalue weighted by atomic mass is 16.7. The summed E-state index contributed by atoms with van der Waals surface area (Å²) < 4.78 is 4.58. The Kier molecular flexibility index (Phi) is 2.99. The van der Waals surface area contributed by atoms with Crippen LogP contribution in [0.4, 0.5) is 0 Å². The van der Waals surface area contributed by atoms with Crippen LogP contribution in [-0.4, -0.2) is 62.8 Å². The fourth-order valence-corrected chi connectivity index (χ4v) is 1.08. The van der Waals surface area contributed by atoms with Crippen molar-refractivity contribution in [1.82, 2.24) is 0 Å². The molecule has 1 aliphatic heterocycles. The molecule has 0 radical (unpaired) electrons. The number of ether oxygens (including phenoxy) is 1. The second-order valence-electron chi connectivity index (χ2n) is 2.72. The Labute approximate surface area is 68.6 Å². The second-order valence-corrected chi connectivity index (χ2v) is 2.72. The number of rotatable bonds is 1. The Morgan fingerprint density at radius 3 is 2.00 bits per heavy atom. The Morgan fingerprint density at radius 2 is 1.50 bits per heavy atom. The maximum atomic E-state index is 9.12. The molecule has 5 N–H and O–H groups in total. The highest BCUT2D eigenvalue weighted by Gasteiger charge is 2.42. The summed E-state index contributed by atoms with van der Waals surface area (Å²) in [6.07, 6.45) is -7.04. The van der Waals surface area contributed by atoms with Gasteiger partial charge in [-0.05, 0) is 0 Å². The molecule has 0 saturated carbocycles. The van der Waals surface area contributed by atoms with Gasteiger partial charge in [-0.2, -0.15) is 0 Å². The van der Waals surface area contributed by atoms with Crippen molar-refractivity contribution >= 4 is 0 Å². The second kappa shape index (κ2) is 3.65. The predicted octanol–water partition coefficient (Wildman–Crippen LogP) is -3.22. The van der Waals surface area contributed by atoms with Gasteiger partial charge < -0.3 is 30.3 Å². The van der Waals surface area contributed by atoms with Crippen molar-refractivity contribution in [2.45, 2.75) is 30.7 Å². The molecule has 1 heterocycles. The van der Waals surface area contributed by atoms with Gasteiger partial charge >= 0.3 is 0 Å². The lowest BCUT2D eigenvalue weighted by Crippen LogP contribution is -2.58. The van der Waals surface area contributed by atoms with Crippen molar-refractivity contribution in [2.75, 3.05) is 6.61 Å². The first-order valence-electron chi connectivity index (χ1n) is 3.56. The Hall–Kier alpha value is -0.240. The van der Waals surface area contributed by atoms with Crippen molar-refractivity contribution in [2.24, 2.45) is 0 Å². The average molecular weight is 181 g/mol. The third-order valence-corrected chi connectivity index (χ3v) is 1.87. The first kappa shape index (κ1) is 9.85. The van der Waals surface area contributed by atoms with E-state index in [4.69, 9.17) is 25.5 Å². The van der Waals surface area contributed by atoms with Crippen molar-refractivity contribution in [3.05, 3.63) is 0 Å². The fourth-order valence-electron chi connectivity index (χ4n) is 1.08. The molecule has 0 bridgehead atoms. The van der Waals surface area contributed by atoms with Crippen molar-refractivity contribution < 1.29 is 30.3 Å². The molecule has 0 aromatic rings. The summed E-state index contributed by atoms with van der Waals surface area (Å²) in [4.78, 5) is 0. The van der Waals surface area contributed by atoms with E-state index in [-0.39, 0.29) is 0 Å². The molecule has 1 rings (SSSR count). The minimum atomic E-state index is -1.57.